The summed E-state index contributed by atoms with van der Waals surface area (Å²) in [6.07, 6.45) is 5.46. The number of hydrogen-bond acceptors (Lipinski definition) is 4. The van der Waals surface area contributed by atoms with Crippen LogP contribution in [0.3, 0.4) is 0 Å². The van der Waals surface area contributed by atoms with Crippen LogP contribution in [0.4, 0.5) is 5.00 Å². The Morgan fingerprint density at radius 2 is 2.04 bits per heavy atom. The van der Waals surface area contributed by atoms with Crippen LogP contribution < -0.4 is 16.0 Å². The smallest absolute Gasteiger partial charge is 0.256 e. The fourth-order valence-electron chi connectivity index (χ4n) is 3.92. The highest BCUT2D eigenvalue weighted by molar-refractivity contribution is 7.14. The largest absolute Gasteiger partial charge is 0.352 e. The molecule has 1 atom stereocenters. The molecule has 1 aromatic heterocycles. The van der Waals surface area contributed by atoms with Crippen molar-refractivity contribution in [2.24, 2.45) is 5.92 Å². The molecule has 0 bridgehead atoms. The number of hydrogen-bond donors (Lipinski definition) is 3. The third kappa shape index (κ3) is 4.22. The van der Waals surface area contributed by atoms with Crippen molar-refractivity contribution in [1.29, 1.82) is 0 Å². The second-order valence-corrected chi connectivity index (χ2v) is 8.27. The number of anilines is 1. The predicted molar refractivity (Wildman–Crippen MR) is 109 cm³/mol. The van der Waals surface area contributed by atoms with Crippen LogP contribution in [0.1, 0.15) is 51.1 Å². The number of rotatable bonds is 6. The second-order valence-electron chi connectivity index (χ2n) is 7.36. The summed E-state index contributed by atoms with van der Waals surface area (Å²) in [5.41, 5.74) is 3.82. The summed E-state index contributed by atoms with van der Waals surface area (Å²) < 4.78 is 0. The van der Waals surface area contributed by atoms with E-state index in [4.69, 9.17) is 0 Å². The van der Waals surface area contributed by atoms with Crippen molar-refractivity contribution in [3.63, 3.8) is 0 Å². The maximum atomic E-state index is 12.6. The van der Waals surface area contributed by atoms with Crippen molar-refractivity contribution < 1.29 is 9.59 Å². The van der Waals surface area contributed by atoms with Gasteiger partial charge < -0.3 is 16.0 Å². The first-order valence-electron chi connectivity index (χ1n) is 9.70. The fraction of sp³-hybridized carbons (Fsp3) is 0.429. The zero-order chi connectivity index (χ0) is 18.6. The molecule has 0 radical (unpaired) electrons. The van der Waals surface area contributed by atoms with Gasteiger partial charge in [0.25, 0.3) is 11.8 Å². The normalized spacial score (nSPS) is 18.3. The SMILES string of the molecule is O=C(Nc1sccc1C(=O)NCCC1CCNC1)c1ccc2c(c1)CCC2. The lowest BCUT2D eigenvalue weighted by Crippen LogP contribution is -2.27. The number of amides is 2. The number of benzene rings is 1. The van der Waals surface area contributed by atoms with Crippen LogP contribution in [0.2, 0.25) is 0 Å². The zero-order valence-corrected chi connectivity index (χ0v) is 16.2. The number of thiophene rings is 1. The minimum atomic E-state index is -0.154. The van der Waals surface area contributed by atoms with Gasteiger partial charge >= 0.3 is 0 Å². The minimum Gasteiger partial charge on any atom is -0.352 e. The fourth-order valence-corrected chi connectivity index (χ4v) is 4.70. The van der Waals surface area contributed by atoms with E-state index in [1.54, 1.807) is 6.07 Å². The summed E-state index contributed by atoms with van der Waals surface area (Å²) in [7, 11) is 0. The van der Waals surface area contributed by atoms with Crippen LogP contribution in [0.25, 0.3) is 0 Å². The van der Waals surface area contributed by atoms with E-state index in [0.29, 0.717) is 28.6 Å². The Kier molecular flexibility index (Phi) is 5.55. The molecule has 0 saturated carbocycles. The molecule has 1 fully saturated rings. The highest BCUT2D eigenvalue weighted by atomic mass is 32.1. The molecule has 1 aliphatic carbocycles. The van der Waals surface area contributed by atoms with E-state index in [9.17, 15) is 9.59 Å². The van der Waals surface area contributed by atoms with Crippen LogP contribution in [0, 0.1) is 5.92 Å². The van der Waals surface area contributed by atoms with Gasteiger partial charge in [-0.1, -0.05) is 6.07 Å². The first-order chi connectivity index (χ1) is 13.2. The van der Waals surface area contributed by atoms with Gasteiger partial charge in [0.1, 0.15) is 5.00 Å². The predicted octanol–water partition coefficient (Wildman–Crippen LogP) is 3.22. The summed E-state index contributed by atoms with van der Waals surface area (Å²) in [5, 5.41) is 11.7. The van der Waals surface area contributed by atoms with Gasteiger partial charge in [-0.25, -0.2) is 0 Å². The molecule has 6 heteroatoms. The van der Waals surface area contributed by atoms with Gasteiger partial charge in [0.2, 0.25) is 0 Å². The van der Waals surface area contributed by atoms with Gasteiger partial charge in [0.05, 0.1) is 5.56 Å². The van der Waals surface area contributed by atoms with Gasteiger partial charge in [-0.05, 0) is 85.8 Å². The maximum absolute atomic E-state index is 12.6. The van der Waals surface area contributed by atoms with Crippen molar-refractivity contribution in [2.45, 2.75) is 32.1 Å². The van der Waals surface area contributed by atoms with Crippen LogP contribution in [0.15, 0.2) is 29.6 Å². The minimum absolute atomic E-state index is 0.119. The third-order valence-corrected chi connectivity index (χ3v) is 6.33. The molecule has 4 rings (SSSR count). The molecule has 3 N–H and O–H groups in total. The number of nitrogens with one attached hydrogen (secondary N) is 3. The third-order valence-electron chi connectivity index (χ3n) is 5.50. The molecule has 2 heterocycles. The molecule has 2 amide bonds. The average Bonchev–Trinajstić information content (AvgIpc) is 3.42. The molecule has 1 aromatic carbocycles. The topological polar surface area (TPSA) is 70.2 Å². The van der Waals surface area contributed by atoms with E-state index in [0.717, 1.165) is 38.8 Å². The lowest BCUT2D eigenvalue weighted by molar-refractivity contribution is 0.0953. The first-order valence-corrected chi connectivity index (χ1v) is 10.6. The zero-order valence-electron chi connectivity index (χ0n) is 15.3. The molecule has 1 aliphatic heterocycles. The van der Waals surface area contributed by atoms with Crippen LogP contribution in [-0.4, -0.2) is 31.4 Å². The summed E-state index contributed by atoms with van der Waals surface area (Å²) in [4.78, 5) is 25.1. The molecular weight excluding hydrogens is 358 g/mol. The second kappa shape index (κ2) is 8.23. The van der Waals surface area contributed by atoms with Crippen LogP contribution >= 0.6 is 11.3 Å². The Hall–Kier alpha value is -2.18. The van der Waals surface area contributed by atoms with Crippen molar-refractivity contribution in [1.82, 2.24) is 10.6 Å². The van der Waals surface area contributed by atoms with Crippen molar-refractivity contribution in [3.05, 3.63) is 51.9 Å². The van der Waals surface area contributed by atoms with Gasteiger partial charge in [0.15, 0.2) is 0 Å². The van der Waals surface area contributed by atoms with E-state index in [1.807, 2.05) is 17.5 Å². The number of fused-ring (bicyclic) bond motifs is 1. The van der Waals surface area contributed by atoms with Gasteiger partial charge in [0, 0.05) is 12.1 Å². The highest BCUT2D eigenvalue weighted by Crippen LogP contribution is 2.26. The number of carbonyl (C=O) groups excluding carboxylic acids is 2. The number of carbonyl (C=O) groups is 2. The van der Waals surface area contributed by atoms with Gasteiger partial charge in [-0.3, -0.25) is 9.59 Å². The first kappa shape index (κ1) is 18.2. The van der Waals surface area contributed by atoms with E-state index < -0.39 is 0 Å². The molecule has 2 aliphatic rings. The quantitative estimate of drug-likeness (QED) is 0.717. The number of aryl methyl sites for hydroxylation is 2. The summed E-state index contributed by atoms with van der Waals surface area (Å²) >= 11 is 1.38. The van der Waals surface area contributed by atoms with E-state index in [2.05, 4.69) is 22.0 Å². The molecule has 142 valence electrons. The Morgan fingerprint density at radius 1 is 1.15 bits per heavy atom. The Morgan fingerprint density at radius 3 is 2.89 bits per heavy atom. The highest BCUT2D eigenvalue weighted by Gasteiger charge is 2.19. The molecule has 5 nitrogen and oxygen atoms in total. The summed E-state index contributed by atoms with van der Waals surface area (Å²) in [6.45, 7) is 2.78. The lowest BCUT2D eigenvalue weighted by atomic mass is 10.1. The van der Waals surface area contributed by atoms with Crippen molar-refractivity contribution >= 4 is 28.2 Å². The van der Waals surface area contributed by atoms with E-state index >= 15 is 0 Å². The summed E-state index contributed by atoms with van der Waals surface area (Å²) in [5.74, 6) is 0.372. The molecule has 2 aromatic rings. The lowest BCUT2D eigenvalue weighted by Gasteiger charge is -2.10. The molecule has 1 saturated heterocycles. The maximum Gasteiger partial charge on any atom is 0.256 e. The van der Waals surface area contributed by atoms with Crippen LogP contribution in [-0.2, 0) is 12.8 Å². The van der Waals surface area contributed by atoms with Crippen LogP contribution in [0.5, 0.6) is 0 Å². The van der Waals surface area contributed by atoms with Crippen molar-refractivity contribution in [2.75, 3.05) is 25.0 Å². The van der Waals surface area contributed by atoms with E-state index in [-0.39, 0.29) is 11.8 Å². The molecule has 1 unspecified atom stereocenters. The van der Waals surface area contributed by atoms with Gasteiger partial charge in [-0.2, -0.15) is 0 Å². The molecule has 27 heavy (non-hydrogen) atoms. The Bertz CT molecular complexity index is 840. The molecule has 0 spiro atoms. The van der Waals surface area contributed by atoms with Gasteiger partial charge in [-0.15, -0.1) is 11.3 Å². The Labute approximate surface area is 163 Å². The van der Waals surface area contributed by atoms with E-state index in [1.165, 1.54) is 28.9 Å². The summed E-state index contributed by atoms with van der Waals surface area (Å²) in [6, 6.07) is 7.69. The Balaban J connectivity index is 1.36. The standard InChI is InChI=1S/C21H25N3O2S/c25-19(17-5-4-15-2-1-3-16(15)12-17)24-21-18(8-11-27-21)20(26)23-10-7-14-6-9-22-13-14/h4-5,8,11-12,14,22H,1-3,6-7,9-10,13H2,(H,23,26)(H,24,25). The molecular formula is C21H25N3O2S. The monoisotopic (exact) mass is 383 g/mol. The average molecular weight is 384 g/mol. The van der Waals surface area contributed by atoms with Crippen molar-refractivity contribution in [3.8, 4) is 0 Å².